The molecule has 0 fully saturated rings. The van der Waals surface area contributed by atoms with Crippen molar-refractivity contribution in [3.63, 3.8) is 0 Å². The summed E-state index contributed by atoms with van der Waals surface area (Å²) in [7, 11) is 0. The first-order valence-corrected chi connectivity index (χ1v) is 9.85. The Labute approximate surface area is 174 Å². The molecular weight excluding hydrogens is 425 g/mol. The van der Waals surface area contributed by atoms with Crippen molar-refractivity contribution in [2.24, 2.45) is 0 Å². The van der Waals surface area contributed by atoms with Gasteiger partial charge >= 0.3 is 6.18 Å². The Kier molecular flexibility index (Phi) is 6.76. The van der Waals surface area contributed by atoms with E-state index < -0.39 is 11.7 Å². The van der Waals surface area contributed by atoms with E-state index in [0.717, 1.165) is 22.7 Å². The van der Waals surface area contributed by atoms with Gasteiger partial charge in [-0.2, -0.15) is 13.2 Å². The number of nitrogens with one attached hydrogen (secondary N) is 1. The van der Waals surface area contributed by atoms with Gasteiger partial charge in [-0.1, -0.05) is 35.9 Å². The van der Waals surface area contributed by atoms with E-state index in [1.54, 1.807) is 11.4 Å². The normalized spacial score (nSPS) is 11.3. The second kappa shape index (κ2) is 9.28. The summed E-state index contributed by atoms with van der Waals surface area (Å²) in [6, 6.07) is 11.9. The number of carbonyl (C=O) groups is 1. The van der Waals surface area contributed by atoms with E-state index >= 15 is 0 Å². The van der Waals surface area contributed by atoms with E-state index in [9.17, 15) is 18.0 Å². The van der Waals surface area contributed by atoms with Crippen molar-refractivity contribution in [1.29, 1.82) is 0 Å². The summed E-state index contributed by atoms with van der Waals surface area (Å²) in [5, 5.41) is 5.76. The Morgan fingerprint density at radius 1 is 1.17 bits per heavy atom. The third-order valence-electron chi connectivity index (χ3n) is 3.85. The van der Waals surface area contributed by atoms with Crippen molar-refractivity contribution in [2.75, 3.05) is 13.2 Å². The number of hydrogen-bond donors (Lipinski definition) is 1. The van der Waals surface area contributed by atoms with Crippen LogP contribution in [0.1, 0.15) is 11.3 Å². The molecule has 1 heterocycles. The number of rotatable bonds is 7. The number of benzene rings is 2. The van der Waals surface area contributed by atoms with Crippen LogP contribution in [0.4, 0.5) is 13.2 Å². The highest BCUT2D eigenvalue weighted by molar-refractivity contribution is 7.13. The third kappa shape index (κ3) is 5.95. The van der Waals surface area contributed by atoms with Crippen LogP contribution in [-0.2, 0) is 17.4 Å². The number of alkyl halides is 3. The molecule has 0 bridgehead atoms. The zero-order chi connectivity index (χ0) is 20.9. The summed E-state index contributed by atoms with van der Waals surface area (Å²) >= 11 is 7.55. The van der Waals surface area contributed by atoms with Crippen LogP contribution in [0.15, 0.2) is 53.9 Å². The van der Waals surface area contributed by atoms with Crippen molar-refractivity contribution in [3.05, 3.63) is 70.2 Å². The van der Waals surface area contributed by atoms with Gasteiger partial charge in [0.2, 0.25) is 5.91 Å². The van der Waals surface area contributed by atoms with Crippen molar-refractivity contribution >= 4 is 28.8 Å². The molecule has 0 aliphatic rings. The van der Waals surface area contributed by atoms with Crippen LogP contribution in [0.5, 0.6) is 5.75 Å². The first-order chi connectivity index (χ1) is 13.8. The molecule has 0 aliphatic heterocycles. The maximum absolute atomic E-state index is 12.7. The first-order valence-electron chi connectivity index (χ1n) is 8.59. The van der Waals surface area contributed by atoms with Crippen LogP contribution in [0.2, 0.25) is 5.02 Å². The number of carbonyl (C=O) groups excluding carboxylic acids is 1. The lowest BCUT2D eigenvalue weighted by molar-refractivity contribution is -0.137. The van der Waals surface area contributed by atoms with Gasteiger partial charge in [-0.15, -0.1) is 11.3 Å². The molecule has 9 heteroatoms. The molecule has 1 N–H and O–H groups in total. The Balaban J connectivity index is 1.46. The molecular formula is C20H16ClF3N2O2S. The quantitative estimate of drug-likeness (QED) is 0.512. The zero-order valence-electron chi connectivity index (χ0n) is 15.0. The number of aromatic nitrogens is 1. The fraction of sp³-hybridized carbons (Fsp3) is 0.200. The van der Waals surface area contributed by atoms with E-state index in [2.05, 4.69) is 10.3 Å². The summed E-state index contributed by atoms with van der Waals surface area (Å²) in [6.07, 6.45) is -4.34. The molecule has 0 spiro atoms. The molecule has 152 valence electrons. The number of ether oxygens (including phenoxy) is 1. The number of halogens is 4. The van der Waals surface area contributed by atoms with Crippen LogP contribution >= 0.6 is 22.9 Å². The van der Waals surface area contributed by atoms with Crippen molar-refractivity contribution < 1.29 is 22.7 Å². The standard InChI is InChI=1S/C20H16ClF3N2O2S/c21-17-7-2-1-6-16(17)19-26-14(12-29-19)11-18(27)25-8-9-28-15-5-3-4-13(10-15)20(22,23)24/h1-7,10,12H,8-9,11H2,(H,25,27). The number of hydrogen-bond acceptors (Lipinski definition) is 4. The minimum Gasteiger partial charge on any atom is -0.492 e. The van der Waals surface area contributed by atoms with Crippen LogP contribution in [0, 0.1) is 0 Å². The topological polar surface area (TPSA) is 51.2 Å². The molecule has 0 saturated heterocycles. The Hall–Kier alpha value is -2.58. The Morgan fingerprint density at radius 2 is 1.97 bits per heavy atom. The SMILES string of the molecule is O=C(Cc1csc(-c2ccccc2Cl)n1)NCCOc1cccc(C(F)(F)F)c1. The van der Waals surface area contributed by atoms with E-state index in [1.807, 2.05) is 18.2 Å². The highest BCUT2D eigenvalue weighted by atomic mass is 35.5. The maximum atomic E-state index is 12.7. The summed E-state index contributed by atoms with van der Waals surface area (Å²) < 4.78 is 43.3. The van der Waals surface area contributed by atoms with E-state index in [4.69, 9.17) is 16.3 Å². The Morgan fingerprint density at radius 3 is 2.72 bits per heavy atom. The fourth-order valence-corrected chi connectivity index (χ4v) is 3.63. The molecule has 3 rings (SSSR count). The lowest BCUT2D eigenvalue weighted by Gasteiger charge is -2.10. The first kappa shape index (κ1) is 21.1. The third-order valence-corrected chi connectivity index (χ3v) is 5.11. The molecule has 4 nitrogen and oxygen atoms in total. The molecule has 1 aromatic heterocycles. The van der Waals surface area contributed by atoms with Crippen LogP contribution in [0.25, 0.3) is 10.6 Å². The van der Waals surface area contributed by atoms with E-state index in [0.29, 0.717) is 10.7 Å². The maximum Gasteiger partial charge on any atom is 0.416 e. The van der Waals surface area contributed by atoms with Gasteiger partial charge in [0, 0.05) is 10.9 Å². The molecule has 29 heavy (non-hydrogen) atoms. The second-order valence-electron chi connectivity index (χ2n) is 6.02. The smallest absolute Gasteiger partial charge is 0.416 e. The lowest BCUT2D eigenvalue weighted by atomic mass is 10.2. The molecule has 1 amide bonds. The predicted octanol–water partition coefficient (Wildman–Crippen LogP) is 5.22. The minimum atomic E-state index is -4.43. The lowest BCUT2D eigenvalue weighted by Crippen LogP contribution is -2.29. The molecule has 0 atom stereocenters. The average molecular weight is 441 g/mol. The van der Waals surface area contributed by atoms with Crippen LogP contribution in [0.3, 0.4) is 0 Å². The number of nitrogens with zero attached hydrogens (tertiary/aromatic N) is 1. The highest BCUT2D eigenvalue weighted by Gasteiger charge is 2.30. The minimum absolute atomic E-state index is 0.0506. The average Bonchev–Trinajstić information content (AvgIpc) is 3.13. The number of amides is 1. The van der Waals surface area contributed by atoms with Gasteiger partial charge < -0.3 is 10.1 Å². The van der Waals surface area contributed by atoms with Gasteiger partial charge in [-0.25, -0.2) is 4.98 Å². The van der Waals surface area contributed by atoms with Gasteiger partial charge in [0.15, 0.2) is 0 Å². The summed E-state index contributed by atoms with van der Waals surface area (Å²) in [6.45, 7) is 0.214. The van der Waals surface area contributed by atoms with Gasteiger partial charge in [-0.3, -0.25) is 4.79 Å². The van der Waals surface area contributed by atoms with Crippen molar-refractivity contribution in [1.82, 2.24) is 10.3 Å². The molecule has 3 aromatic rings. The predicted molar refractivity (Wildman–Crippen MR) is 106 cm³/mol. The molecule has 0 radical (unpaired) electrons. The van der Waals surface area contributed by atoms with E-state index in [1.165, 1.54) is 23.5 Å². The molecule has 0 unspecified atom stereocenters. The number of thiazole rings is 1. The second-order valence-corrected chi connectivity index (χ2v) is 7.29. The van der Waals surface area contributed by atoms with Crippen molar-refractivity contribution in [3.8, 4) is 16.3 Å². The molecule has 2 aromatic carbocycles. The highest BCUT2D eigenvalue weighted by Crippen LogP contribution is 2.31. The van der Waals surface area contributed by atoms with Crippen LogP contribution < -0.4 is 10.1 Å². The van der Waals surface area contributed by atoms with Gasteiger partial charge in [0.05, 0.1) is 29.2 Å². The monoisotopic (exact) mass is 440 g/mol. The zero-order valence-corrected chi connectivity index (χ0v) is 16.6. The molecule has 0 aliphatic carbocycles. The summed E-state index contributed by atoms with van der Waals surface area (Å²) in [4.78, 5) is 16.5. The van der Waals surface area contributed by atoms with Crippen molar-refractivity contribution in [2.45, 2.75) is 12.6 Å². The summed E-state index contributed by atoms with van der Waals surface area (Å²) in [5.74, 6) is -0.161. The largest absolute Gasteiger partial charge is 0.492 e. The van der Waals surface area contributed by atoms with Crippen LogP contribution in [-0.4, -0.2) is 24.0 Å². The molecule has 0 saturated carbocycles. The Bertz CT molecular complexity index is 992. The van der Waals surface area contributed by atoms with E-state index in [-0.39, 0.29) is 31.2 Å². The van der Waals surface area contributed by atoms with Gasteiger partial charge in [0.25, 0.3) is 0 Å². The summed E-state index contributed by atoms with van der Waals surface area (Å²) in [5.41, 5.74) is 0.637. The fourth-order valence-electron chi connectivity index (χ4n) is 2.50. The van der Waals surface area contributed by atoms with Gasteiger partial charge in [-0.05, 0) is 24.3 Å². The van der Waals surface area contributed by atoms with Gasteiger partial charge in [0.1, 0.15) is 17.4 Å².